The zero-order chi connectivity index (χ0) is 8.36. The number of rotatable bonds is 3. The minimum absolute atomic E-state index is 0.0995. The molecule has 0 radical (unpaired) electrons. The summed E-state index contributed by atoms with van der Waals surface area (Å²) in [6.45, 7) is 5.48. The molecule has 0 spiro atoms. The van der Waals surface area contributed by atoms with Crippen molar-refractivity contribution in [3.05, 3.63) is 0 Å². The van der Waals surface area contributed by atoms with Crippen LogP contribution in [0.2, 0.25) is 0 Å². The standard InChI is InChI=1S/C6H16B2O2/c1-4(2)6(3,10)5(9)8-7/h4-5,8-10H,7H2,1-3H3. The van der Waals surface area contributed by atoms with Gasteiger partial charge < -0.3 is 10.2 Å². The largest absolute Gasteiger partial charge is 0.400 e. The third-order valence-corrected chi connectivity index (χ3v) is 2.23. The van der Waals surface area contributed by atoms with E-state index in [0.717, 1.165) is 0 Å². The molecule has 0 amide bonds. The van der Waals surface area contributed by atoms with Crippen LogP contribution in [0.1, 0.15) is 20.8 Å². The van der Waals surface area contributed by atoms with E-state index in [4.69, 9.17) is 0 Å². The number of aliphatic hydroxyl groups is 2. The highest BCUT2D eigenvalue weighted by molar-refractivity contribution is 6.90. The lowest BCUT2D eigenvalue weighted by Gasteiger charge is -2.32. The van der Waals surface area contributed by atoms with Gasteiger partial charge in [-0.15, -0.1) is 0 Å². The highest BCUT2D eigenvalue weighted by Crippen LogP contribution is 2.19. The Labute approximate surface area is 64.3 Å². The Bertz CT molecular complexity index is 104. The van der Waals surface area contributed by atoms with Gasteiger partial charge in [0.2, 0.25) is 0 Å². The van der Waals surface area contributed by atoms with Gasteiger partial charge >= 0.3 is 0 Å². The fourth-order valence-corrected chi connectivity index (χ4v) is 0.798. The lowest BCUT2D eigenvalue weighted by atomic mass is 9.47. The molecule has 2 atom stereocenters. The lowest BCUT2D eigenvalue weighted by Crippen LogP contribution is -2.47. The molecule has 0 fully saturated rings. The van der Waals surface area contributed by atoms with Gasteiger partial charge in [0.25, 0.3) is 0 Å². The van der Waals surface area contributed by atoms with Gasteiger partial charge in [0.15, 0.2) is 0 Å². The minimum Gasteiger partial charge on any atom is -0.400 e. The second-order valence-electron chi connectivity index (χ2n) is 3.30. The molecule has 0 aromatic heterocycles. The molecule has 2 nitrogen and oxygen atoms in total. The summed E-state index contributed by atoms with van der Waals surface area (Å²) in [4.78, 5) is 0. The van der Waals surface area contributed by atoms with Crippen molar-refractivity contribution in [2.24, 2.45) is 5.92 Å². The zero-order valence-electron chi connectivity index (χ0n) is 7.26. The van der Waals surface area contributed by atoms with Gasteiger partial charge in [-0.3, -0.25) is 0 Å². The van der Waals surface area contributed by atoms with Crippen LogP contribution in [-0.4, -0.2) is 36.7 Å². The first-order valence-corrected chi connectivity index (χ1v) is 3.83. The van der Waals surface area contributed by atoms with Crippen LogP contribution < -0.4 is 0 Å². The SMILES string of the molecule is BBC(O)C(C)(O)C(C)C. The van der Waals surface area contributed by atoms with E-state index in [-0.39, 0.29) is 5.92 Å². The maximum absolute atomic E-state index is 9.61. The second kappa shape index (κ2) is 3.44. The van der Waals surface area contributed by atoms with Crippen molar-refractivity contribution in [3.8, 4) is 0 Å². The highest BCUT2D eigenvalue weighted by Gasteiger charge is 2.31. The maximum atomic E-state index is 9.61. The van der Waals surface area contributed by atoms with Gasteiger partial charge in [-0.1, -0.05) is 13.8 Å². The topological polar surface area (TPSA) is 40.5 Å². The predicted molar refractivity (Wildman–Crippen MR) is 47.2 cm³/mol. The Morgan fingerprint density at radius 1 is 1.50 bits per heavy atom. The zero-order valence-corrected chi connectivity index (χ0v) is 7.26. The van der Waals surface area contributed by atoms with E-state index in [1.807, 2.05) is 21.6 Å². The van der Waals surface area contributed by atoms with E-state index in [2.05, 4.69) is 0 Å². The van der Waals surface area contributed by atoms with Crippen LogP contribution in [0.15, 0.2) is 0 Å². The Morgan fingerprint density at radius 2 is 1.90 bits per heavy atom. The van der Waals surface area contributed by atoms with Gasteiger partial charge in [-0.25, -0.2) is 0 Å². The summed E-state index contributed by atoms with van der Waals surface area (Å²) in [6.07, 6.45) is 0. The van der Waals surface area contributed by atoms with Crippen LogP contribution in [0.5, 0.6) is 0 Å². The van der Waals surface area contributed by atoms with E-state index in [1.54, 1.807) is 6.92 Å². The molecular weight excluding hydrogens is 126 g/mol. The fraction of sp³-hybridized carbons (Fsp3) is 1.00. The van der Waals surface area contributed by atoms with Crippen molar-refractivity contribution >= 4 is 14.9 Å². The van der Waals surface area contributed by atoms with Gasteiger partial charge in [-0.2, -0.15) is 0 Å². The summed E-state index contributed by atoms with van der Waals surface area (Å²) in [5, 5.41) is 18.9. The Balaban J connectivity index is 4.09. The minimum atomic E-state index is -0.936. The molecule has 58 valence electrons. The fourth-order valence-electron chi connectivity index (χ4n) is 0.798. The summed E-state index contributed by atoms with van der Waals surface area (Å²) in [6, 6.07) is -0.604. The number of aliphatic hydroxyl groups excluding tert-OH is 1. The van der Waals surface area contributed by atoms with E-state index >= 15 is 0 Å². The molecule has 0 aromatic carbocycles. The molecule has 0 aromatic rings. The lowest BCUT2D eigenvalue weighted by molar-refractivity contribution is -0.0563. The molecule has 2 unspecified atom stereocenters. The highest BCUT2D eigenvalue weighted by atomic mass is 16.3. The third-order valence-electron chi connectivity index (χ3n) is 2.23. The van der Waals surface area contributed by atoms with Crippen LogP contribution in [0, 0.1) is 5.92 Å². The Morgan fingerprint density at radius 3 is 2.00 bits per heavy atom. The van der Waals surface area contributed by atoms with Crippen molar-refractivity contribution in [2.45, 2.75) is 32.4 Å². The number of hydrogen-bond donors (Lipinski definition) is 2. The summed E-state index contributed by atoms with van der Waals surface area (Å²) in [5.41, 5.74) is -0.936. The molecule has 0 aliphatic carbocycles. The van der Waals surface area contributed by atoms with Crippen LogP contribution in [0.3, 0.4) is 0 Å². The molecule has 4 heteroatoms. The first-order valence-electron chi connectivity index (χ1n) is 3.83. The van der Waals surface area contributed by atoms with Gasteiger partial charge in [0.1, 0.15) is 7.17 Å². The first-order chi connectivity index (χ1) is 4.42. The van der Waals surface area contributed by atoms with Gasteiger partial charge in [0, 0.05) is 6.00 Å². The molecular formula is C6H16B2O2. The molecule has 0 aliphatic heterocycles. The van der Waals surface area contributed by atoms with Crippen molar-refractivity contribution in [3.63, 3.8) is 0 Å². The quantitative estimate of drug-likeness (QED) is 0.480. The molecule has 0 rings (SSSR count). The summed E-state index contributed by atoms with van der Waals surface area (Å²) < 4.78 is 0. The first kappa shape index (κ1) is 10.0. The van der Waals surface area contributed by atoms with Gasteiger partial charge in [0.05, 0.1) is 13.3 Å². The van der Waals surface area contributed by atoms with Crippen LogP contribution in [-0.2, 0) is 0 Å². The van der Waals surface area contributed by atoms with Crippen molar-refractivity contribution in [1.29, 1.82) is 0 Å². The molecule has 10 heavy (non-hydrogen) atoms. The van der Waals surface area contributed by atoms with E-state index in [1.165, 1.54) is 0 Å². The maximum Gasteiger partial charge on any atom is 0.122 e. The summed E-state index contributed by atoms with van der Waals surface area (Å²) >= 11 is 0. The monoisotopic (exact) mass is 142 g/mol. The van der Waals surface area contributed by atoms with Crippen molar-refractivity contribution in [2.75, 3.05) is 0 Å². The summed E-state index contributed by atoms with van der Waals surface area (Å²) in [7, 11) is 2.46. The summed E-state index contributed by atoms with van der Waals surface area (Å²) in [5.74, 6) is 0.0995. The molecule has 0 heterocycles. The average Bonchev–Trinajstić information content (AvgIpc) is 1.86. The van der Waals surface area contributed by atoms with Crippen molar-refractivity contribution < 1.29 is 10.2 Å². The molecule has 2 N–H and O–H groups in total. The normalized spacial score (nSPS) is 20.2. The van der Waals surface area contributed by atoms with Crippen molar-refractivity contribution in [1.82, 2.24) is 0 Å². The van der Waals surface area contributed by atoms with Crippen LogP contribution in [0.25, 0.3) is 0 Å². The molecule has 0 saturated heterocycles. The molecule has 0 aliphatic rings. The Hall–Kier alpha value is 0.0499. The third kappa shape index (κ3) is 2.03. The smallest absolute Gasteiger partial charge is 0.122 e. The second-order valence-corrected chi connectivity index (χ2v) is 3.30. The molecule has 0 bridgehead atoms. The van der Waals surface area contributed by atoms with E-state index < -0.39 is 11.6 Å². The Kier molecular flexibility index (Phi) is 3.46. The molecule has 0 saturated carbocycles. The van der Waals surface area contributed by atoms with E-state index in [9.17, 15) is 10.2 Å². The average molecular weight is 142 g/mol. The van der Waals surface area contributed by atoms with E-state index in [0.29, 0.717) is 7.17 Å². The number of hydrogen-bond acceptors (Lipinski definition) is 2. The van der Waals surface area contributed by atoms with Crippen LogP contribution in [0.4, 0.5) is 0 Å². The van der Waals surface area contributed by atoms with Crippen LogP contribution >= 0.6 is 0 Å². The predicted octanol–water partition coefficient (Wildman–Crippen LogP) is -1.30. The van der Waals surface area contributed by atoms with Gasteiger partial charge in [-0.05, 0) is 12.8 Å².